The van der Waals surface area contributed by atoms with E-state index in [1.165, 1.54) is 31.6 Å². The minimum Gasteiger partial charge on any atom is -0.505 e. The molecular weight excluding hydrogens is 826 g/mol. The molecule has 8 aromatic rings. The molecule has 2 aliphatic rings. The van der Waals surface area contributed by atoms with Crippen molar-refractivity contribution < 1.29 is 28.1 Å². The molecule has 0 unspecified atom stereocenters. The molecule has 0 atom stereocenters. The van der Waals surface area contributed by atoms with Gasteiger partial charge < -0.3 is 39.1 Å². The van der Waals surface area contributed by atoms with Crippen LogP contribution in [0.25, 0.3) is 43.6 Å². The fourth-order valence-electron chi connectivity index (χ4n) is 7.94. The molecule has 0 bridgehead atoms. The van der Waals surface area contributed by atoms with Gasteiger partial charge in [0.2, 0.25) is 5.88 Å². The number of benzene rings is 4. The summed E-state index contributed by atoms with van der Waals surface area (Å²) < 4.78 is 45.8. The number of halogens is 3. The van der Waals surface area contributed by atoms with E-state index in [1.54, 1.807) is 42.7 Å². The van der Waals surface area contributed by atoms with Gasteiger partial charge in [0, 0.05) is 51.7 Å². The van der Waals surface area contributed by atoms with E-state index >= 15 is 0 Å². The third kappa shape index (κ3) is 10.2. The Labute approximate surface area is 369 Å². The molecule has 0 radical (unpaired) electrons. The number of rotatable bonds is 8. The molecule has 2 saturated heterocycles. The molecule has 63 heavy (non-hydrogen) atoms. The summed E-state index contributed by atoms with van der Waals surface area (Å²) in [6.45, 7) is 10.1. The Hall–Kier alpha value is -6.09. The van der Waals surface area contributed by atoms with E-state index < -0.39 is 11.6 Å². The maximum absolute atomic E-state index is 14.8. The van der Waals surface area contributed by atoms with Crippen molar-refractivity contribution in [3.63, 3.8) is 0 Å². The van der Waals surface area contributed by atoms with Crippen molar-refractivity contribution in [2.45, 2.75) is 39.5 Å². The lowest BCUT2D eigenvalue weighted by Crippen LogP contribution is -2.32. The number of likely N-dealkylation sites (tertiary alicyclic amines) is 2. The van der Waals surface area contributed by atoms with Crippen molar-refractivity contribution >= 4 is 55.2 Å². The summed E-state index contributed by atoms with van der Waals surface area (Å²) in [7, 11) is 4.33. The number of phenols is 1. The lowest BCUT2D eigenvalue weighted by atomic mass is 9.98. The zero-order chi connectivity index (χ0) is 44.0. The van der Waals surface area contributed by atoms with Crippen molar-refractivity contribution in [2.75, 3.05) is 53.5 Å². The second-order valence-corrected chi connectivity index (χ2v) is 16.8. The van der Waals surface area contributed by atoms with Crippen molar-refractivity contribution in [1.82, 2.24) is 39.7 Å². The van der Waals surface area contributed by atoms with Crippen molar-refractivity contribution in [3.05, 3.63) is 114 Å². The van der Waals surface area contributed by atoms with Gasteiger partial charge in [-0.3, -0.25) is 0 Å². The molecule has 4 aromatic carbocycles. The van der Waals surface area contributed by atoms with Crippen LogP contribution in [0.1, 0.15) is 36.8 Å². The monoisotopic (exact) mass is 876 g/mol. The Bertz CT molecular complexity index is 2840. The largest absolute Gasteiger partial charge is 0.505 e. The Morgan fingerprint density at radius 3 is 1.73 bits per heavy atom. The molecule has 0 aliphatic carbocycles. The number of nitrogens with zero attached hydrogens (tertiary/aromatic N) is 6. The number of aromatic hydroxyl groups is 1. The topological polar surface area (TPSA) is 138 Å². The van der Waals surface area contributed by atoms with Gasteiger partial charge in [-0.05, 0) is 151 Å². The van der Waals surface area contributed by atoms with Gasteiger partial charge in [-0.1, -0.05) is 11.6 Å². The molecule has 2 fully saturated rings. The summed E-state index contributed by atoms with van der Waals surface area (Å²) in [4.78, 5) is 27.5. The van der Waals surface area contributed by atoms with Crippen LogP contribution in [0, 0.1) is 37.3 Å². The van der Waals surface area contributed by atoms with Crippen LogP contribution in [0.3, 0.4) is 0 Å². The van der Waals surface area contributed by atoms with Crippen LogP contribution in [0.2, 0.25) is 5.15 Å². The first-order valence-corrected chi connectivity index (χ1v) is 21.6. The van der Waals surface area contributed by atoms with Crippen LogP contribution in [0.5, 0.6) is 28.9 Å². The molecule has 10 rings (SSSR count). The van der Waals surface area contributed by atoms with Gasteiger partial charge in [0.25, 0.3) is 0 Å². The van der Waals surface area contributed by atoms with Gasteiger partial charge in [-0.15, -0.1) is 0 Å². The molecule has 0 spiro atoms. The van der Waals surface area contributed by atoms with Crippen LogP contribution in [-0.4, -0.2) is 98.3 Å². The summed E-state index contributed by atoms with van der Waals surface area (Å²) in [5.74, 6) is 2.09. The van der Waals surface area contributed by atoms with Crippen molar-refractivity contribution in [2.24, 2.45) is 11.8 Å². The van der Waals surface area contributed by atoms with Crippen LogP contribution in [0.15, 0.2) is 85.7 Å². The Morgan fingerprint density at radius 1 is 0.635 bits per heavy atom. The van der Waals surface area contributed by atoms with Crippen LogP contribution in [-0.2, 0) is 0 Å². The lowest BCUT2D eigenvalue weighted by molar-refractivity contribution is 0.159. The number of nitrogens with one attached hydrogen (secondary N) is 2. The number of phenolic OH excluding ortho intramolecular Hbond substituents is 1. The summed E-state index contributed by atoms with van der Waals surface area (Å²) in [6, 6.07) is 17.5. The number of H-pyrrole nitrogens is 2. The SMILES string of the molecule is Cc1cc2c(Cl)ncnc2cc1OCC1CCN(C)CC1.Cc1cc2c(Oc3ccc4[nH]ccc4c3F)ncnc2cc1OCC1CCN(C)CC1.Oc1ccc2[nH]ccc2c1F. The number of aromatic nitrogens is 6. The first-order valence-electron chi connectivity index (χ1n) is 21.2. The van der Waals surface area contributed by atoms with Gasteiger partial charge in [0.15, 0.2) is 23.1 Å². The summed E-state index contributed by atoms with van der Waals surface area (Å²) >= 11 is 6.10. The number of ether oxygens (including phenoxy) is 3. The number of aryl methyl sites for hydroxylation is 2. The Kier molecular flexibility index (Phi) is 13.5. The van der Waals surface area contributed by atoms with E-state index in [2.05, 4.69) is 53.8 Å². The van der Waals surface area contributed by atoms with Crippen LogP contribution < -0.4 is 14.2 Å². The normalized spacial score (nSPS) is 15.3. The van der Waals surface area contributed by atoms with E-state index in [9.17, 15) is 8.78 Å². The zero-order valence-corrected chi connectivity index (χ0v) is 36.6. The van der Waals surface area contributed by atoms with Gasteiger partial charge in [-0.25, -0.2) is 28.7 Å². The predicted molar refractivity (Wildman–Crippen MR) is 243 cm³/mol. The first-order chi connectivity index (χ1) is 30.5. The number of fused-ring (bicyclic) bond motifs is 4. The number of aromatic amines is 2. The molecule has 12 nitrogen and oxygen atoms in total. The minimum atomic E-state index is -0.566. The van der Waals surface area contributed by atoms with Crippen molar-refractivity contribution in [3.8, 4) is 28.9 Å². The quantitative estimate of drug-likeness (QED) is 0.127. The predicted octanol–water partition coefficient (Wildman–Crippen LogP) is 10.4. The van der Waals surface area contributed by atoms with E-state index in [0.717, 1.165) is 90.1 Å². The number of piperidine rings is 2. The number of hydrogen-bond donors (Lipinski definition) is 3. The van der Waals surface area contributed by atoms with Gasteiger partial charge >= 0.3 is 0 Å². The highest BCUT2D eigenvalue weighted by Crippen LogP contribution is 2.35. The van der Waals surface area contributed by atoms with E-state index in [0.29, 0.717) is 51.3 Å². The molecule has 0 saturated carbocycles. The van der Waals surface area contributed by atoms with E-state index in [1.807, 2.05) is 38.1 Å². The average Bonchev–Trinajstić information content (AvgIpc) is 3.98. The molecule has 328 valence electrons. The van der Waals surface area contributed by atoms with Crippen LogP contribution >= 0.6 is 11.6 Å². The molecule has 0 amide bonds. The average molecular weight is 877 g/mol. The summed E-state index contributed by atoms with van der Waals surface area (Å²) in [5, 5.41) is 11.9. The highest BCUT2D eigenvalue weighted by molar-refractivity contribution is 6.34. The fraction of sp³-hybridized carbons (Fsp3) is 0.333. The van der Waals surface area contributed by atoms with Gasteiger partial charge in [-0.2, -0.15) is 0 Å². The molecule has 6 heterocycles. The van der Waals surface area contributed by atoms with Gasteiger partial charge in [0.05, 0.1) is 29.6 Å². The van der Waals surface area contributed by atoms with E-state index in [-0.39, 0.29) is 11.5 Å². The molecular formula is C48H51ClF2N8O4. The first kappa shape index (κ1) is 43.6. The highest BCUT2D eigenvalue weighted by Gasteiger charge is 2.20. The van der Waals surface area contributed by atoms with Crippen molar-refractivity contribution in [1.29, 1.82) is 0 Å². The summed E-state index contributed by atoms with van der Waals surface area (Å²) in [6.07, 6.45) is 11.0. The smallest absolute Gasteiger partial charge is 0.230 e. The molecule has 4 aromatic heterocycles. The second kappa shape index (κ2) is 19.5. The highest BCUT2D eigenvalue weighted by atomic mass is 35.5. The van der Waals surface area contributed by atoms with E-state index in [4.69, 9.17) is 30.9 Å². The second-order valence-electron chi connectivity index (χ2n) is 16.5. The Morgan fingerprint density at radius 2 is 1.14 bits per heavy atom. The third-order valence-corrected chi connectivity index (χ3v) is 12.2. The number of hydrogen-bond acceptors (Lipinski definition) is 10. The zero-order valence-electron chi connectivity index (χ0n) is 35.8. The fourth-order valence-corrected chi connectivity index (χ4v) is 8.13. The van der Waals surface area contributed by atoms with Gasteiger partial charge in [0.1, 0.15) is 29.3 Å². The summed E-state index contributed by atoms with van der Waals surface area (Å²) in [5.41, 5.74) is 5.00. The molecule has 3 N–H and O–H groups in total. The minimum absolute atomic E-state index is 0.132. The standard InChI is InChI=1S/C24H25FN4O2.C16H20ClN3O.C8H6FNO/c1-15-11-18-20(12-22(15)30-13-16-6-9-29(2)10-7-16)27-14-28-24(18)31-21-4-3-19-17(23(21)25)5-8-26-19;1-11-7-13-14(18-10-19-16(13)17)8-15(11)21-9-12-3-5-20(2)6-4-12;9-8-5-3-4-10-6(5)1-2-7(8)11/h3-5,8,11-12,14,16,26H,6-7,9-10,13H2,1-2H3;7-8,10,12H,3-6,9H2,1-2H3;1-4,10-11H. The Balaban J connectivity index is 0.000000146. The molecule has 15 heteroatoms. The maximum Gasteiger partial charge on any atom is 0.230 e. The van der Waals surface area contributed by atoms with Crippen LogP contribution in [0.4, 0.5) is 8.78 Å². The third-order valence-electron chi connectivity index (χ3n) is 11.9. The maximum atomic E-state index is 14.8. The lowest BCUT2D eigenvalue weighted by Gasteiger charge is -2.28. The molecule has 2 aliphatic heterocycles.